The number of carboxylic acids is 1. The Kier molecular flexibility index (Phi) is 3.39. The van der Waals surface area contributed by atoms with Crippen molar-refractivity contribution in [2.45, 2.75) is 26.8 Å². The summed E-state index contributed by atoms with van der Waals surface area (Å²) >= 11 is 0. The molecule has 18 heavy (non-hydrogen) atoms. The first kappa shape index (κ1) is 12.6. The van der Waals surface area contributed by atoms with Crippen molar-refractivity contribution >= 4 is 16.9 Å². The largest absolute Gasteiger partial charge is 0.478 e. The lowest BCUT2D eigenvalue weighted by Crippen LogP contribution is -2.06. The molecule has 4 heteroatoms. The van der Waals surface area contributed by atoms with Crippen molar-refractivity contribution in [3.63, 3.8) is 0 Å². The van der Waals surface area contributed by atoms with Gasteiger partial charge in [-0.2, -0.15) is 0 Å². The average molecular weight is 247 g/mol. The number of aliphatic hydroxyl groups is 1. The Balaban J connectivity index is 2.75. The van der Waals surface area contributed by atoms with Crippen LogP contribution in [0.15, 0.2) is 18.2 Å². The molecule has 0 aliphatic rings. The molecule has 96 valence electrons. The fraction of sp³-hybridized carbons (Fsp3) is 0.357. The van der Waals surface area contributed by atoms with Crippen LogP contribution in [0.25, 0.3) is 10.9 Å². The van der Waals surface area contributed by atoms with Gasteiger partial charge in [0, 0.05) is 17.6 Å². The minimum atomic E-state index is -0.904. The lowest BCUT2D eigenvalue weighted by molar-refractivity contribution is 0.0697. The molecule has 1 aromatic carbocycles. The molecule has 0 fully saturated rings. The highest BCUT2D eigenvalue weighted by atomic mass is 16.4. The van der Waals surface area contributed by atoms with Crippen LogP contribution in [-0.4, -0.2) is 27.4 Å². The van der Waals surface area contributed by atoms with E-state index in [1.165, 1.54) is 0 Å². The maximum Gasteiger partial charge on any atom is 0.335 e. The lowest BCUT2D eigenvalue weighted by atomic mass is 10.0. The molecule has 2 aromatic rings. The van der Waals surface area contributed by atoms with Gasteiger partial charge < -0.3 is 14.8 Å². The van der Waals surface area contributed by atoms with Crippen molar-refractivity contribution in [1.82, 2.24) is 4.57 Å². The lowest BCUT2D eigenvalue weighted by Gasteiger charge is -2.10. The number of benzene rings is 1. The molecule has 0 radical (unpaired) electrons. The molecule has 0 saturated heterocycles. The summed E-state index contributed by atoms with van der Waals surface area (Å²) < 4.78 is 2.04. The van der Waals surface area contributed by atoms with Crippen molar-refractivity contribution in [3.8, 4) is 0 Å². The van der Waals surface area contributed by atoms with Crippen molar-refractivity contribution < 1.29 is 15.0 Å². The first-order valence-corrected chi connectivity index (χ1v) is 6.05. The molecular weight excluding hydrogens is 230 g/mol. The summed E-state index contributed by atoms with van der Waals surface area (Å²) in [5.41, 5.74) is 3.40. The fourth-order valence-electron chi connectivity index (χ4n) is 2.42. The second kappa shape index (κ2) is 4.82. The third kappa shape index (κ3) is 1.99. The van der Waals surface area contributed by atoms with E-state index >= 15 is 0 Å². The summed E-state index contributed by atoms with van der Waals surface area (Å²) in [6.07, 6.45) is 0.770. The molecule has 2 rings (SSSR count). The number of hydrogen-bond acceptors (Lipinski definition) is 2. The van der Waals surface area contributed by atoms with Crippen LogP contribution >= 0.6 is 0 Å². The summed E-state index contributed by atoms with van der Waals surface area (Å²) in [6.45, 7) is 4.59. The number of aryl methyl sites for hydroxylation is 2. The molecule has 4 nitrogen and oxygen atoms in total. The van der Waals surface area contributed by atoms with Crippen molar-refractivity contribution in [2.24, 2.45) is 0 Å². The molecule has 0 aliphatic heterocycles. The minimum Gasteiger partial charge on any atom is -0.478 e. The molecule has 0 atom stereocenters. The number of hydrogen-bond donors (Lipinski definition) is 2. The van der Waals surface area contributed by atoms with Crippen LogP contribution in [0.1, 0.15) is 28.5 Å². The third-order valence-electron chi connectivity index (χ3n) is 3.23. The Morgan fingerprint density at radius 1 is 1.33 bits per heavy atom. The van der Waals surface area contributed by atoms with Crippen molar-refractivity contribution in [3.05, 3.63) is 35.0 Å². The molecule has 0 unspecified atom stereocenters. The van der Waals surface area contributed by atoms with E-state index in [0.29, 0.717) is 12.1 Å². The summed E-state index contributed by atoms with van der Waals surface area (Å²) in [5, 5.41) is 19.1. The predicted molar refractivity (Wildman–Crippen MR) is 70.1 cm³/mol. The van der Waals surface area contributed by atoms with Gasteiger partial charge in [0.15, 0.2) is 0 Å². The van der Waals surface area contributed by atoms with E-state index in [1.807, 2.05) is 24.5 Å². The zero-order chi connectivity index (χ0) is 13.3. The molecule has 1 aromatic heterocycles. The number of aliphatic hydroxyl groups excluding tert-OH is 1. The molecule has 0 aliphatic carbocycles. The SMILES string of the molecule is CCc1cc(C(=O)O)cc2cc(C)n(CCO)c12. The number of rotatable bonds is 4. The van der Waals surface area contributed by atoms with Crippen LogP contribution in [0.2, 0.25) is 0 Å². The number of nitrogens with zero attached hydrogens (tertiary/aromatic N) is 1. The second-order valence-corrected chi connectivity index (χ2v) is 4.39. The van der Waals surface area contributed by atoms with E-state index in [0.717, 1.165) is 28.6 Å². The number of fused-ring (bicyclic) bond motifs is 1. The maximum atomic E-state index is 11.1. The summed E-state index contributed by atoms with van der Waals surface area (Å²) in [5.74, 6) is -0.904. The van der Waals surface area contributed by atoms with Gasteiger partial charge in [-0.3, -0.25) is 0 Å². The van der Waals surface area contributed by atoms with Gasteiger partial charge in [0.05, 0.1) is 17.7 Å². The van der Waals surface area contributed by atoms with Gasteiger partial charge >= 0.3 is 5.97 Å². The molecule has 0 saturated carbocycles. The first-order chi connectivity index (χ1) is 8.58. The van der Waals surface area contributed by atoms with Gasteiger partial charge in [0.2, 0.25) is 0 Å². The van der Waals surface area contributed by atoms with Crippen molar-refractivity contribution in [1.29, 1.82) is 0 Å². The van der Waals surface area contributed by atoms with Crippen LogP contribution in [-0.2, 0) is 13.0 Å². The van der Waals surface area contributed by atoms with Crippen LogP contribution in [0.3, 0.4) is 0 Å². The Morgan fingerprint density at radius 3 is 2.61 bits per heavy atom. The van der Waals surface area contributed by atoms with Crippen LogP contribution in [0.4, 0.5) is 0 Å². The van der Waals surface area contributed by atoms with Gasteiger partial charge in [-0.25, -0.2) is 4.79 Å². The Hall–Kier alpha value is -1.81. The zero-order valence-corrected chi connectivity index (χ0v) is 10.6. The Bertz CT molecular complexity index is 599. The molecule has 0 bridgehead atoms. The van der Waals surface area contributed by atoms with E-state index in [4.69, 9.17) is 10.2 Å². The number of carboxylic acid groups (broad SMARTS) is 1. The minimum absolute atomic E-state index is 0.0778. The monoisotopic (exact) mass is 247 g/mol. The van der Waals surface area contributed by atoms with Crippen LogP contribution in [0.5, 0.6) is 0 Å². The highest BCUT2D eigenvalue weighted by Crippen LogP contribution is 2.25. The first-order valence-electron chi connectivity index (χ1n) is 6.05. The average Bonchev–Trinajstić information content (AvgIpc) is 2.65. The van der Waals surface area contributed by atoms with Crippen molar-refractivity contribution in [2.75, 3.05) is 6.61 Å². The summed E-state index contributed by atoms with van der Waals surface area (Å²) in [4.78, 5) is 11.1. The molecule has 1 heterocycles. The van der Waals surface area contributed by atoms with Gasteiger partial charge in [-0.15, -0.1) is 0 Å². The number of aromatic nitrogens is 1. The van der Waals surface area contributed by atoms with E-state index in [-0.39, 0.29) is 6.61 Å². The normalized spacial score (nSPS) is 11.1. The quantitative estimate of drug-likeness (QED) is 0.870. The smallest absolute Gasteiger partial charge is 0.335 e. The Labute approximate surface area is 105 Å². The van der Waals surface area contributed by atoms with Crippen LogP contribution in [0, 0.1) is 6.92 Å². The van der Waals surface area contributed by atoms with Gasteiger partial charge in [-0.1, -0.05) is 6.92 Å². The van der Waals surface area contributed by atoms with Gasteiger partial charge in [0.1, 0.15) is 0 Å². The maximum absolute atomic E-state index is 11.1. The van der Waals surface area contributed by atoms with E-state index in [9.17, 15) is 4.79 Å². The fourth-order valence-corrected chi connectivity index (χ4v) is 2.42. The number of aromatic carboxylic acids is 1. The topological polar surface area (TPSA) is 62.5 Å². The van der Waals surface area contributed by atoms with E-state index < -0.39 is 5.97 Å². The standard InChI is InChI=1S/C14H17NO3/c1-3-10-7-12(14(17)18)8-11-6-9(2)15(4-5-16)13(10)11/h6-8,16H,3-5H2,1-2H3,(H,17,18). The number of carbonyl (C=O) groups is 1. The van der Waals surface area contributed by atoms with E-state index in [1.54, 1.807) is 12.1 Å². The zero-order valence-electron chi connectivity index (χ0n) is 10.6. The predicted octanol–water partition coefficient (Wildman–Crippen LogP) is 2.20. The van der Waals surface area contributed by atoms with Crippen LogP contribution < -0.4 is 0 Å². The van der Waals surface area contributed by atoms with Gasteiger partial charge in [0.25, 0.3) is 0 Å². The molecule has 0 spiro atoms. The van der Waals surface area contributed by atoms with Gasteiger partial charge in [-0.05, 0) is 37.1 Å². The summed E-state index contributed by atoms with van der Waals surface area (Å²) in [6, 6.07) is 5.38. The second-order valence-electron chi connectivity index (χ2n) is 4.39. The highest BCUT2D eigenvalue weighted by molar-refractivity contribution is 5.95. The summed E-state index contributed by atoms with van der Waals surface area (Å²) in [7, 11) is 0. The molecule has 0 amide bonds. The van der Waals surface area contributed by atoms with E-state index in [2.05, 4.69) is 0 Å². The molecular formula is C14H17NO3. The highest BCUT2D eigenvalue weighted by Gasteiger charge is 2.13. The molecule has 2 N–H and O–H groups in total. The third-order valence-corrected chi connectivity index (χ3v) is 3.23. The Morgan fingerprint density at radius 2 is 2.06 bits per heavy atom.